The van der Waals surface area contributed by atoms with Gasteiger partial charge in [-0.05, 0) is 30.7 Å². The summed E-state index contributed by atoms with van der Waals surface area (Å²) in [6.07, 6.45) is 2.82. The van der Waals surface area contributed by atoms with E-state index in [2.05, 4.69) is 15.0 Å². The zero-order valence-corrected chi connectivity index (χ0v) is 14.5. The first-order valence-corrected chi connectivity index (χ1v) is 8.45. The van der Waals surface area contributed by atoms with E-state index in [0.29, 0.717) is 6.54 Å². The molecule has 0 amide bonds. The minimum atomic E-state index is 0.0293. The number of ether oxygens (including phenoxy) is 1. The predicted octanol–water partition coefficient (Wildman–Crippen LogP) is 2.58. The molecule has 0 saturated carbocycles. The van der Waals surface area contributed by atoms with Crippen LogP contribution in [0.1, 0.15) is 24.0 Å². The third-order valence-electron chi connectivity index (χ3n) is 4.70. The van der Waals surface area contributed by atoms with Gasteiger partial charge < -0.3 is 14.6 Å². The van der Waals surface area contributed by atoms with Crippen molar-refractivity contribution in [3.8, 4) is 0 Å². The van der Waals surface area contributed by atoms with Crippen LogP contribution < -0.4 is 5.32 Å². The van der Waals surface area contributed by atoms with E-state index in [4.69, 9.17) is 21.3 Å². The molecule has 2 atom stereocenters. The van der Waals surface area contributed by atoms with E-state index >= 15 is 0 Å². The van der Waals surface area contributed by atoms with Crippen LogP contribution in [-0.4, -0.2) is 32.0 Å². The van der Waals surface area contributed by atoms with E-state index < -0.39 is 0 Å². The molecule has 126 valence electrons. The molecule has 1 fully saturated rings. The van der Waals surface area contributed by atoms with Crippen molar-refractivity contribution in [1.82, 2.24) is 24.6 Å². The van der Waals surface area contributed by atoms with Gasteiger partial charge in [-0.15, -0.1) is 0 Å². The fourth-order valence-electron chi connectivity index (χ4n) is 3.35. The molecule has 0 bridgehead atoms. The molecule has 1 saturated heterocycles. The lowest BCUT2D eigenvalue weighted by Gasteiger charge is -2.20. The summed E-state index contributed by atoms with van der Waals surface area (Å²) in [5.41, 5.74) is 3.11. The highest BCUT2D eigenvalue weighted by atomic mass is 35.5. The van der Waals surface area contributed by atoms with Gasteiger partial charge in [-0.2, -0.15) is 5.10 Å². The SMILES string of the molecule is Cn1nccc1[C@H]1OCC[C@@H]1NCc1nc2ccc(Cl)cc2n1C. The Balaban J connectivity index is 1.52. The summed E-state index contributed by atoms with van der Waals surface area (Å²) >= 11 is 6.09. The van der Waals surface area contributed by atoms with Crippen molar-refractivity contribution in [1.29, 1.82) is 0 Å². The quantitative estimate of drug-likeness (QED) is 0.789. The van der Waals surface area contributed by atoms with E-state index in [1.807, 2.05) is 49.2 Å². The number of hydrogen-bond acceptors (Lipinski definition) is 4. The standard InChI is InChI=1S/C17H20ClN5O/c1-22-15-9-11(18)3-4-12(15)21-16(22)10-19-13-6-8-24-17(13)14-5-7-20-23(14)2/h3-5,7,9,13,17,19H,6,8,10H2,1-2H3/t13-,17-/m0/s1. The second kappa shape index (κ2) is 6.20. The van der Waals surface area contributed by atoms with Crippen molar-refractivity contribution >= 4 is 22.6 Å². The minimum Gasteiger partial charge on any atom is -0.370 e. The number of nitrogens with one attached hydrogen (secondary N) is 1. The number of imidazole rings is 1. The molecule has 3 aromatic rings. The fourth-order valence-corrected chi connectivity index (χ4v) is 3.51. The number of fused-ring (bicyclic) bond motifs is 1. The fraction of sp³-hybridized carbons (Fsp3) is 0.412. The first-order valence-electron chi connectivity index (χ1n) is 8.07. The molecule has 0 unspecified atom stereocenters. The van der Waals surface area contributed by atoms with Gasteiger partial charge in [0.25, 0.3) is 0 Å². The Morgan fingerprint density at radius 2 is 2.21 bits per heavy atom. The van der Waals surface area contributed by atoms with Crippen LogP contribution in [0, 0.1) is 0 Å². The zero-order valence-electron chi connectivity index (χ0n) is 13.7. The van der Waals surface area contributed by atoms with E-state index in [0.717, 1.165) is 40.6 Å². The second-order valence-electron chi connectivity index (χ2n) is 6.17. The maximum absolute atomic E-state index is 6.09. The molecule has 1 aromatic carbocycles. The maximum Gasteiger partial charge on any atom is 0.123 e. The summed E-state index contributed by atoms with van der Waals surface area (Å²) in [7, 11) is 3.97. The largest absolute Gasteiger partial charge is 0.370 e. The Morgan fingerprint density at radius 3 is 3.00 bits per heavy atom. The topological polar surface area (TPSA) is 56.9 Å². The summed E-state index contributed by atoms with van der Waals surface area (Å²) in [5, 5.41) is 8.57. The van der Waals surface area contributed by atoms with Gasteiger partial charge >= 0.3 is 0 Å². The highest BCUT2D eigenvalue weighted by molar-refractivity contribution is 6.31. The van der Waals surface area contributed by atoms with Gasteiger partial charge in [0.2, 0.25) is 0 Å². The maximum atomic E-state index is 6.09. The van der Waals surface area contributed by atoms with Gasteiger partial charge in [-0.3, -0.25) is 4.68 Å². The van der Waals surface area contributed by atoms with Crippen molar-refractivity contribution < 1.29 is 4.74 Å². The Kier molecular flexibility index (Phi) is 4.04. The first-order chi connectivity index (χ1) is 11.6. The molecule has 0 spiro atoms. The lowest BCUT2D eigenvalue weighted by molar-refractivity contribution is 0.0917. The van der Waals surface area contributed by atoms with E-state index in [1.54, 1.807) is 0 Å². The lowest BCUT2D eigenvalue weighted by atomic mass is 10.1. The molecule has 0 aliphatic carbocycles. The molecule has 24 heavy (non-hydrogen) atoms. The molecule has 6 nitrogen and oxygen atoms in total. The number of rotatable bonds is 4. The van der Waals surface area contributed by atoms with Crippen molar-refractivity contribution in [2.75, 3.05) is 6.61 Å². The summed E-state index contributed by atoms with van der Waals surface area (Å²) in [6.45, 7) is 1.44. The van der Waals surface area contributed by atoms with Crippen LogP contribution in [-0.2, 0) is 25.4 Å². The van der Waals surface area contributed by atoms with Crippen LogP contribution in [0.4, 0.5) is 0 Å². The molecule has 2 aromatic heterocycles. The van der Waals surface area contributed by atoms with Gasteiger partial charge in [-0.1, -0.05) is 11.6 Å². The average molecular weight is 346 g/mol. The molecule has 1 aliphatic heterocycles. The molecule has 4 rings (SSSR count). The highest BCUT2D eigenvalue weighted by Gasteiger charge is 2.31. The van der Waals surface area contributed by atoms with Crippen LogP contribution in [0.25, 0.3) is 11.0 Å². The van der Waals surface area contributed by atoms with Gasteiger partial charge in [0.1, 0.15) is 11.9 Å². The van der Waals surface area contributed by atoms with Crippen molar-refractivity contribution in [3.05, 3.63) is 47.0 Å². The molecule has 3 heterocycles. The van der Waals surface area contributed by atoms with E-state index in [1.165, 1.54) is 0 Å². The van der Waals surface area contributed by atoms with Crippen LogP contribution in [0.2, 0.25) is 5.02 Å². The number of benzene rings is 1. The number of halogens is 1. The van der Waals surface area contributed by atoms with Crippen molar-refractivity contribution in [2.24, 2.45) is 14.1 Å². The van der Waals surface area contributed by atoms with Crippen LogP contribution in [0.15, 0.2) is 30.5 Å². The second-order valence-corrected chi connectivity index (χ2v) is 6.60. The Morgan fingerprint density at radius 1 is 1.33 bits per heavy atom. The lowest BCUT2D eigenvalue weighted by Crippen LogP contribution is -2.32. The van der Waals surface area contributed by atoms with Crippen molar-refractivity contribution in [2.45, 2.75) is 25.1 Å². The van der Waals surface area contributed by atoms with Gasteiger partial charge in [-0.25, -0.2) is 4.98 Å². The number of aromatic nitrogens is 4. The molecular weight excluding hydrogens is 326 g/mol. The number of hydrogen-bond donors (Lipinski definition) is 1. The van der Waals surface area contributed by atoms with Gasteiger partial charge in [0.15, 0.2) is 0 Å². The highest BCUT2D eigenvalue weighted by Crippen LogP contribution is 2.29. The van der Waals surface area contributed by atoms with Crippen LogP contribution in [0.5, 0.6) is 0 Å². The molecule has 1 aliphatic rings. The Bertz CT molecular complexity index is 871. The molecular formula is C17H20ClN5O. The Hall–Kier alpha value is -1.89. The van der Waals surface area contributed by atoms with Crippen molar-refractivity contribution in [3.63, 3.8) is 0 Å². The summed E-state index contributed by atoms with van der Waals surface area (Å²) in [4.78, 5) is 4.70. The summed E-state index contributed by atoms with van der Waals surface area (Å²) < 4.78 is 9.88. The predicted molar refractivity (Wildman–Crippen MR) is 92.9 cm³/mol. The van der Waals surface area contributed by atoms with E-state index in [-0.39, 0.29) is 12.1 Å². The number of aryl methyl sites for hydroxylation is 2. The minimum absolute atomic E-state index is 0.0293. The molecule has 0 radical (unpaired) electrons. The third kappa shape index (κ3) is 2.70. The van der Waals surface area contributed by atoms with Crippen LogP contribution in [0.3, 0.4) is 0 Å². The molecule has 7 heteroatoms. The van der Waals surface area contributed by atoms with Crippen LogP contribution >= 0.6 is 11.6 Å². The zero-order chi connectivity index (χ0) is 16.7. The summed E-state index contributed by atoms with van der Waals surface area (Å²) in [5.74, 6) is 0.989. The van der Waals surface area contributed by atoms with Gasteiger partial charge in [0.05, 0.1) is 23.3 Å². The normalized spacial score (nSPS) is 21.0. The first kappa shape index (κ1) is 15.6. The smallest absolute Gasteiger partial charge is 0.123 e. The monoisotopic (exact) mass is 345 g/mol. The van der Waals surface area contributed by atoms with E-state index in [9.17, 15) is 0 Å². The number of nitrogens with zero attached hydrogens (tertiary/aromatic N) is 4. The Labute approximate surface area is 145 Å². The average Bonchev–Trinajstić information content (AvgIpc) is 3.26. The third-order valence-corrected chi connectivity index (χ3v) is 4.94. The molecule has 1 N–H and O–H groups in total. The van der Waals surface area contributed by atoms with Gasteiger partial charge in [0, 0.05) is 38.0 Å². The summed E-state index contributed by atoms with van der Waals surface area (Å²) in [6, 6.07) is 8.05.